The fourth-order valence-electron chi connectivity index (χ4n) is 1.47. The van der Waals surface area contributed by atoms with Gasteiger partial charge in [0.1, 0.15) is 6.33 Å². The molecule has 7 heteroatoms. The molecular weight excluding hydrogens is 279 g/mol. The van der Waals surface area contributed by atoms with Gasteiger partial charge in [0.05, 0.1) is 17.8 Å². The summed E-state index contributed by atoms with van der Waals surface area (Å²) >= 11 is 5.67. The molecule has 0 aliphatic rings. The molecule has 0 amide bonds. The van der Waals surface area contributed by atoms with E-state index >= 15 is 0 Å². The van der Waals surface area contributed by atoms with Crippen LogP contribution in [0, 0.1) is 0 Å². The Morgan fingerprint density at radius 1 is 1.21 bits per heavy atom. The van der Waals surface area contributed by atoms with Gasteiger partial charge in [-0.15, -0.1) is 0 Å². The van der Waals surface area contributed by atoms with Crippen molar-refractivity contribution in [2.75, 3.05) is 5.32 Å². The zero-order valence-corrected chi connectivity index (χ0v) is 10.3. The molecule has 2 rings (SSSR count). The van der Waals surface area contributed by atoms with Crippen LogP contribution >= 0.6 is 11.6 Å². The molecule has 0 bridgehead atoms. The Morgan fingerprint density at radius 2 is 2.00 bits per heavy atom. The van der Waals surface area contributed by atoms with Gasteiger partial charge in [-0.3, -0.25) is 0 Å². The van der Waals surface area contributed by atoms with Crippen LogP contribution in [0.3, 0.4) is 0 Å². The number of hydrogen-bond donors (Lipinski definition) is 1. The summed E-state index contributed by atoms with van der Waals surface area (Å²) in [5, 5.41) is 2.87. The van der Waals surface area contributed by atoms with Crippen LogP contribution in [0.15, 0.2) is 36.8 Å². The Labute approximate surface area is 112 Å². The summed E-state index contributed by atoms with van der Waals surface area (Å²) in [7, 11) is 0. The molecule has 0 saturated heterocycles. The molecule has 19 heavy (non-hydrogen) atoms. The normalized spacial score (nSPS) is 11.4. The maximum absolute atomic E-state index is 12.6. The van der Waals surface area contributed by atoms with Crippen molar-refractivity contribution in [1.29, 1.82) is 0 Å². The molecular formula is C12H9ClF3N3. The van der Waals surface area contributed by atoms with E-state index in [1.165, 1.54) is 12.4 Å². The average Bonchev–Trinajstić information content (AvgIpc) is 2.36. The summed E-state index contributed by atoms with van der Waals surface area (Å²) in [6.07, 6.45) is -1.49. The van der Waals surface area contributed by atoms with Crippen molar-refractivity contribution in [3.05, 3.63) is 53.1 Å². The second-order valence-electron chi connectivity index (χ2n) is 3.78. The number of rotatable bonds is 3. The lowest BCUT2D eigenvalue weighted by Gasteiger charge is -2.11. The van der Waals surface area contributed by atoms with Crippen molar-refractivity contribution in [3.8, 4) is 0 Å². The molecule has 0 unspecified atom stereocenters. The predicted octanol–water partition coefficient (Wildman–Crippen LogP) is 3.76. The number of alkyl halides is 3. The SMILES string of the molecule is FC(F)(F)c1cc(Cl)cc(NCc2ccncn2)c1. The first kappa shape index (κ1) is 13.6. The van der Waals surface area contributed by atoms with Gasteiger partial charge in [-0.2, -0.15) is 13.2 Å². The Hall–Kier alpha value is -1.82. The van der Waals surface area contributed by atoms with Crippen LogP contribution in [0.5, 0.6) is 0 Å². The fraction of sp³-hybridized carbons (Fsp3) is 0.167. The van der Waals surface area contributed by atoms with E-state index in [9.17, 15) is 13.2 Å². The monoisotopic (exact) mass is 287 g/mol. The van der Waals surface area contributed by atoms with Crippen molar-refractivity contribution in [3.63, 3.8) is 0 Å². The van der Waals surface area contributed by atoms with E-state index in [0.717, 1.165) is 12.1 Å². The summed E-state index contributed by atoms with van der Waals surface area (Å²) in [6.45, 7) is 0.292. The first-order chi connectivity index (χ1) is 8.95. The summed E-state index contributed by atoms with van der Waals surface area (Å²) in [5.41, 5.74) is 0.173. The van der Waals surface area contributed by atoms with Crippen molar-refractivity contribution in [2.24, 2.45) is 0 Å². The Balaban J connectivity index is 2.15. The van der Waals surface area contributed by atoms with Crippen LogP contribution in [-0.2, 0) is 12.7 Å². The van der Waals surface area contributed by atoms with Gasteiger partial charge in [0, 0.05) is 16.9 Å². The molecule has 0 fully saturated rings. The topological polar surface area (TPSA) is 37.8 Å². The summed E-state index contributed by atoms with van der Waals surface area (Å²) in [4.78, 5) is 7.71. The lowest BCUT2D eigenvalue weighted by molar-refractivity contribution is -0.137. The first-order valence-corrected chi connectivity index (χ1v) is 5.69. The van der Waals surface area contributed by atoms with Gasteiger partial charge in [-0.1, -0.05) is 11.6 Å². The van der Waals surface area contributed by atoms with Gasteiger partial charge in [0.2, 0.25) is 0 Å². The van der Waals surface area contributed by atoms with Crippen LogP contribution < -0.4 is 5.32 Å². The molecule has 0 aliphatic heterocycles. The minimum absolute atomic E-state index is 0.0278. The third-order valence-corrected chi connectivity index (χ3v) is 2.56. The van der Waals surface area contributed by atoms with Crippen LogP contribution in [0.4, 0.5) is 18.9 Å². The quantitative estimate of drug-likeness (QED) is 0.934. The van der Waals surface area contributed by atoms with Gasteiger partial charge in [0.15, 0.2) is 0 Å². The highest BCUT2D eigenvalue weighted by Crippen LogP contribution is 2.33. The molecule has 1 N–H and O–H groups in total. The number of anilines is 1. The number of nitrogens with zero attached hydrogens (tertiary/aromatic N) is 2. The van der Waals surface area contributed by atoms with E-state index in [0.29, 0.717) is 17.9 Å². The molecule has 2 aromatic rings. The number of aromatic nitrogens is 2. The van der Waals surface area contributed by atoms with Gasteiger partial charge in [-0.25, -0.2) is 9.97 Å². The van der Waals surface area contributed by atoms with Crippen LogP contribution in [0.2, 0.25) is 5.02 Å². The molecule has 100 valence electrons. The standard InChI is InChI=1S/C12H9ClF3N3/c13-9-3-8(12(14,15)16)4-11(5-9)18-6-10-1-2-17-7-19-10/h1-5,7,18H,6H2. The lowest BCUT2D eigenvalue weighted by Crippen LogP contribution is -2.07. The highest BCUT2D eigenvalue weighted by molar-refractivity contribution is 6.30. The van der Waals surface area contributed by atoms with E-state index in [-0.39, 0.29) is 5.02 Å². The molecule has 0 saturated carbocycles. The van der Waals surface area contributed by atoms with E-state index in [1.54, 1.807) is 12.3 Å². The third-order valence-electron chi connectivity index (χ3n) is 2.34. The largest absolute Gasteiger partial charge is 0.416 e. The van der Waals surface area contributed by atoms with Crippen LogP contribution in [0.25, 0.3) is 0 Å². The Bertz CT molecular complexity index is 558. The number of benzene rings is 1. The van der Waals surface area contributed by atoms with E-state index in [2.05, 4.69) is 15.3 Å². The molecule has 0 aliphatic carbocycles. The predicted molar refractivity (Wildman–Crippen MR) is 65.8 cm³/mol. The van der Waals surface area contributed by atoms with Gasteiger partial charge < -0.3 is 5.32 Å². The summed E-state index contributed by atoms with van der Waals surface area (Å²) in [6, 6.07) is 4.99. The van der Waals surface area contributed by atoms with Crippen molar-refractivity contribution < 1.29 is 13.2 Å². The van der Waals surface area contributed by atoms with E-state index < -0.39 is 11.7 Å². The molecule has 1 aromatic heterocycles. The van der Waals surface area contributed by atoms with Gasteiger partial charge in [-0.05, 0) is 24.3 Å². The Kier molecular flexibility index (Phi) is 3.90. The average molecular weight is 288 g/mol. The lowest BCUT2D eigenvalue weighted by atomic mass is 10.2. The minimum Gasteiger partial charge on any atom is -0.379 e. The highest BCUT2D eigenvalue weighted by Gasteiger charge is 2.31. The summed E-state index contributed by atoms with van der Waals surface area (Å²) in [5.74, 6) is 0. The second-order valence-corrected chi connectivity index (χ2v) is 4.22. The molecule has 1 heterocycles. The number of nitrogens with one attached hydrogen (secondary N) is 1. The van der Waals surface area contributed by atoms with Crippen molar-refractivity contribution in [2.45, 2.75) is 12.7 Å². The van der Waals surface area contributed by atoms with E-state index in [4.69, 9.17) is 11.6 Å². The minimum atomic E-state index is -4.42. The maximum Gasteiger partial charge on any atom is 0.416 e. The second kappa shape index (κ2) is 5.44. The fourth-order valence-corrected chi connectivity index (χ4v) is 1.71. The Morgan fingerprint density at radius 3 is 2.63 bits per heavy atom. The summed E-state index contributed by atoms with van der Waals surface area (Å²) < 4.78 is 37.8. The maximum atomic E-state index is 12.6. The smallest absolute Gasteiger partial charge is 0.379 e. The highest BCUT2D eigenvalue weighted by atomic mass is 35.5. The number of hydrogen-bond acceptors (Lipinski definition) is 3. The first-order valence-electron chi connectivity index (χ1n) is 5.32. The zero-order chi connectivity index (χ0) is 13.9. The molecule has 1 aromatic carbocycles. The third kappa shape index (κ3) is 3.82. The van der Waals surface area contributed by atoms with Gasteiger partial charge >= 0.3 is 6.18 Å². The van der Waals surface area contributed by atoms with Crippen molar-refractivity contribution in [1.82, 2.24) is 9.97 Å². The van der Waals surface area contributed by atoms with Crippen LogP contribution in [0.1, 0.15) is 11.3 Å². The van der Waals surface area contributed by atoms with Crippen molar-refractivity contribution >= 4 is 17.3 Å². The van der Waals surface area contributed by atoms with Crippen LogP contribution in [-0.4, -0.2) is 9.97 Å². The van der Waals surface area contributed by atoms with E-state index in [1.807, 2.05) is 0 Å². The molecule has 0 atom stereocenters. The zero-order valence-electron chi connectivity index (χ0n) is 9.58. The number of halogens is 4. The molecule has 3 nitrogen and oxygen atoms in total. The molecule has 0 radical (unpaired) electrons. The van der Waals surface area contributed by atoms with Gasteiger partial charge in [0.25, 0.3) is 0 Å². The molecule has 0 spiro atoms.